The average molecular weight is 333 g/mol. The fourth-order valence-corrected chi connectivity index (χ4v) is 4.37. The minimum atomic E-state index is -0.229. The van der Waals surface area contributed by atoms with E-state index in [9.17, 15) is 9.59 Å². The Labute approximate surface area is 142 Å². The third-order valence-electron chi connectivity index (χ3n) is 5.81. The maximum Gasteiger partial charge on any atom is 0.237 e. The van der Waals surface area contributed by atoms with Crippen LogP contribution < -0.4 is 16.6 Å². The Hall–Kier alpha value is -1.82. The summed E-state index contributed by atoms with van der Waals surface area (Å²) in [7, 11) is 0. The number of hydrazine groups is 1. The molecule has 0 bridgehead atoms. The lowest BCUT2D eigenvalue weighted by atomic mass is 9.69. The Morgan fingerprint density at radius 2 is 1.96 bits per heavy atom. The summed E-state index contributed by atoms with van der Waals surface area (Å²) in [6.07, 6.45) is 7.29. The lowest BCUT2D eigenvalue weighted by molar-refractivity contribution is -0.131. The van der Waals surface area contributed by atoms with Crippen LogP contribution >= 0.6 is 0 Å². The third kappa shape index (κ3) is 3.48. The minimum Gasteiger partial charge on any atom is -0.469 e. The second kappa shape index (κ2) is 7.38. The summed E-state index contributed by atoms with van der Waals surface area (Å²) < 4.78 is 5.58. The van der Waals surface area contributed by atoms with Crippen LogP contribution in [-0.4, -0.2) is 17.9 Å². The Kier molecular flexibility index (Phi) is 5.23. The molecule has 132 valence electrons. The van der Waals surface area contributed by atoms with Crippen LogP contribution in [0.4, 0.5) is 0 Å². The molecule has 2 aliphatic carbocycles. The van der Waals surface area contributed by atoms with Gasteiger partial charge >= 0.3 is 0 Å². The van der Waals surface area contributed by atoms with E-state index in [1.165, 1.54) is 0 Å². The highest BCUT2D eigenvalue weighted by atomic mass is 16.3. The van der Waals surface area contributed by atoms with Crippen LogP contribution in [0.25, 0.3) is 0 Å². The van der Waals surface area contributed by atoms with Crippen LogP contribution in [-0.2, 0) is 9.59 Å². The maximum absolute atomic E-state index is 12.5. The zero-order valence-electron chi connectivity index (χ0n) is 14.2. The molecular formula is C18H27N3O3. The predicted molar refractivity (Wildman–Crippen MR) is 89.6 cm³/mol. The summed E-state index contributed by atoms with van der Waals surface area (Å²) in [6.45, 7) is 2.06. The van der Waals surface area contributed by atoms with Crippen molar-refractivity contribution in [1.82, 2.24) is 10.7 Å². The monoisotopic (exact) mass is 333 g/mol. The van der Waals surface area contributed by atoms with E-state index in [0.29, 0.717) is 6.42 Å². The molecule has 0 aliphatic heterocycles. The molecule has 4 atom stereocenters. The highest BCUT2D eigenvalue weighted by Gasteiger charge is 2.41. The van der Waals surface area contributed by atoms with Gasteiger partial charge in [0.2, 0.25) is 11.8 Å². The number of carbonyl (C=O) groups is 2. The number of carbonyl (C=O) groups excluding carboxylic acids is 2. The van der Waals surface area contributed by atoms with Gasteiger partial charge in [0.25, 0.3) is 0 Å². The van der Waals surface area contributed by atoms with Gasteiger partial charge in [-0.2, -0.15) is 0 Å². The molecule has 0 saturated heterocycles. The Morgan fingerprint density at radius 1 is 1.21 bits per heavy atom. The fourth-order valence-electron chi connectivity index (χ4n) is 4.37. The van der Waals surface area contributed by atoms with Crippen molar-refractivity contribution in [2.24, 2.45) is 23.6 Å². The summed E-state index contributed by atoms with van der Waals surface area (Å²) in [5.41, 5.74) is 2.28. The van der Waals surface area contributed by atoms with Crippen molar-refractivity contribution in [1.29, 1.82) is 0 Å². The SMILES string of the molecule is CC1C(C(=O)NN)CC(NC(=O)C2CCCC2)CC1c1ccco1. The first kappa shape index (κ1) is 17.0. The molecule has 1 aromatic heterocycles. The Morgan fingerprint density at radius 3 is 2.58 bits per heavy atom. The van der Waals surface area contributed by atoms with E-state index in [0.717, 1.165) is 37.9 Å². The molecule has 3 rings (SSSR count). The van der Waals surface area contributed by atoms with Crippen LogP contribution in [0.5, 0.6) is 0 Å². The molecule has 2 fully saturated rings. The van der Waals surface area contributed by atoms with Gasteiger partial charge in [0.15, 0.2) is 0 Å². The number of amides is 2. The normalized spacial score (nSPS) is 30.9. The first-order valence-electron chi connectivity index (χ1n) is 8.94. The van der Waals surface area contributed by atoms with E-state index in [1.807, 2.05) is 12.1 Å². The second-order valence-corrected chi connectivity index (χ2v) is 7.25. The molecule has 6 heteroatoms. The first-order chi connectivity index (χ1) is 11.6. The third-order valence-corrected chi connectivity index (χ3v) is 5.81. The molecule has 0 spiro atoms. The lowest BCUT2D eigenvalue weighted by Gasteiger charge is -2.39. The fraction of sp³-hybridized carbons (Fsp3) is 0.667. The van der Waals surface area contributed by atoms with E-state index < -0.39 is 0 Å². The van der Waals surface area contributed by atoms with Crippen LogP contribution in [0.2, 0.25) is 0 Å². The number of hydrogen-bond acceptors (Lipinski definition) is 4. The topological polar surface area (TPSA) is 97.4 Å². The summed E-state index contributed by atoms with van der Waals surface area (Å²) in [4.78, 5) is 24.7. The highest BCUT2D eigenvalue weighted by Crippen LogP contribution is 2.41. The van der Waals surface area contributed by atoms with Crippen LogP contribution in [0.3, 0.4) is 0 Å². The van der Waals surface area contributed by atoms with Crippen molar-refractivity contribution >= 4 is 11.8 Å². The predicted octanol–water partition coefficient (Wildman–Crippen LogP) is 2.07. The van der Waals surface area contributed by atoms with Crippen LogP contribution in [0.15, 0.2) is 22.8 Å². The van der Waals surface area contributed by atoms with Crippen LogP contribution in [0, 0.1) is 17.8 Å². The lowest BCUT2D eigenvalue weighted by Crippen LogP contribution is -2.49. The summed E-state index contributed by atoms with van der Waals surface area (Å²) in [5, 5.41) is 3.18. The van der Waals surface area contributed by atoms with Crippen molar-refractivity contribution in [3.63, 3.8) is 0 Å². The molecule has 4 unspecified atom stereocenters. The molecule has 1 heterocycles. The van der Waals surface area contributed by atoms with Gasteiger partial charge in [-0.05, 0) is 43.7 Å². The zero-order chi connectivity index (χ0) is 17.1. The Balaban J connectivity index is 1.73. The first-order valence-corrected chi connectivity index (χ1v) is 8.94. The zero-order valence-corrected chi connectivity index (χ0v) is 14.2. The molecule has 2 aliphatic rings. The quantitative estimate of drug-likeness (QED) is 0.446. The van der Waals surface area contributed by atoms with Crippen molar-refractivity contribution in [2.75, 3.05) is 0 Å². The second-order valence-electron chi connectivity index (χ2n) is 7.25. The molecule has 4 N–H and O–H groups in total. The molecule has 1 aromatic rings. The largest absolute Gasteiger partial charge is 0.469 e. The smallest absolute Gasteiger partial charge is 0.237 e. The number of furan rings is 1. The molecule has 6 nitrogen and oxygen atoms in total. The molecule has 2 amide bonds. The summed E-state index contributed by atoms with van der Waals surface area (Å²) in [5.74, 6) is 6.32. The van der Waals surface area contributed by atoms with Crippen molar-refractivity contribution in [3.05, 3.63) is 24.2 Å². The van der Waals surface area contributed by atoms with Gasteiger partial charge in [-0.1, -0.05) is 19.8 Å². The van der Waals surface area contributed by atoms with E-state index in [4.69, 9.17) is 10.3 Å². The Bertz CT molecular complexity index is 566. The number of rotatable bonds is 4. The summed E-state index contributed by atoms with van der Waals surface area (Å²) >= 11 is 0. The number of hydrogen-bond donors (Lipinski definition) is 3. The van der Waals surface area contributed by atoms with Gasteiger partial charge in [0.1, 0.15) is 5.76 Å². The highest BCUT2D eigenvalue weighted by molar-refractivity contribution is 5.80. The van der Waals surface area contributed by atoms with Crippen molar-refractivity contribution in [3.8, 4) is 0 Å². The van der Waals surface area contributed by atoms with E-state index >= 15 is 0 Å². The van der Waals surface area contributed by atoms with Crippen molar-refractivity contribution in [2.45, 2.75) is 57.4 Å². The van der Waals surface area contributed by atoms with Crippen molar-refractivity contribution < 1.29 is 14.0 Å². The van der Waals surface area contributed by atoms with Gasteiger partial charge in [-0.3, -0.25) is 15.0 Å². The van der Waals surface area contributed by atoms with E-state index in [2.05, 4.69) is 17.7 Å². The molecule has 2 saturated carbocycles. The summed E-state index contributed by atoms with van der Waals surface area (Å²) in [6, 6.07) is 3.78. The minimum absolute atomic E-state index is 0.0216. The maximum atomic E-state index is 12.5. The number of nitrogens with two attached hydrogens (primary N) is 1. The van der Waals surface area contributed by atoms with Gasteiger partial charge in [0.05, 0.1) is 6.26 Å². The average Bonchev–Trinajstić information content (AvgIpc) is 3.28. The van der Waals surface area contributed by atoms with Gasteiger partial charge in [-0.25, -0.2) is 5.84 Å². The van der Waals surface area contributed by atoms with E-state index in [1.54, 1.807) is 6.26 Å². The molecule has 0 radical (unpaired) electrons. The van der Waals surface area contributed by atoms with Gasteiger partial charge < -0.3 is 9.73 Å². The molecule has 24 heavy (non-hydrogen) atoms. The van der Waals surface area contributed by atoms with Crippen LogP contribution in [0.1, 0.15) is 57.1 Å². The van der Waals surface area contributed by atoms with Gasteiger partial charge in [-0.15, -0.1) is 0 Å². The molecular weight excluding hydrogens is 306 g/mol. The molecule has 0 aromatic carbocycles. The van der Waals surface area contributed by atoms with E-state index in [-0.39, 0.29) is 41.5 Å². The van der Waals surface area contributed by atoms with Gasteiger partial charge in [0, 0.05) is 23.8 Å². The standard InChI is InChI=1S/C18H27N3O3/c1-11-14(16-7-4-8-24-16)9-13(10-15(11)18(23)21-19)20-17(22)12-5-2-3-6-12/h4,7-8,11-15H,2-3,5-6,9-10,19H2,1H3,(H,20,22)(H,21,23). The number of nitrogens with one attached hydrogen (secondary N) is 2.